The van der Waals surface area contributed by atoms with Gasteiger partial charge in [0.15, 0.2) is 0 Å². The number of carboxylic acids is 1. The molecule has 1 aliphatic rings. The van der Waals surface area contributed by atoms with Gasteiger partial charge in [0.1, 0.15) is 11.9 Å². The van der Waals surface area contributed by atoms with Gasteiger partial charge < -0.3 is 21.5 Å². The van der Waals surface area contributed by atoms with Gasteiger partial charge in [0.05, 0.1) is 13.1 Å². The molecule has 0 bridgehead atoms. The zero-order chi connectivity index (χ0) is 23.1. The van der Waals surface area contributed by atoms with Crippen LogP contribution >= 0.6 is 0 Å². The van der Waals surface area contributed by atoms with Crippen LogP contribution in [-0.4, -0.2) is 47.9 Å². The van der Waals surface area contributed by atoms with Crippen molar-refractivity contribution in [2.75, 3.05) is 13.1 Å². The summed E-state index contributed by atoms with van der Waals surface area (Å²) in [5.41, 5.74) is 6.81. The van der Waals surface area contributed by atoms with E-state index < -0.39 is 17.9 Å². The molecule has 172 valence electrons. The van der Waals surface area contributed by atoms with Crippen LogP contribution in [0.15, 0.2) is 24.3 Å². The van der Waals surface area contributed by atoms with Crippen LogP contribution < -0.4 is 21.7 Å². The summed E-state index contributed by atoms with van der Waals surface area (Å²) in [6.45, 7) is 1.53. The van der Waals surface area contributed by atoms with Crippen molar-refractivity contribution in [3.63, 3.8) is 0 Å². The van der Waals surface area contributed by atoms with E-state index in [2.05, 4.69) is 16.0 Å². The van der Waals surface area contributed by atoms with Gasteiger partial charge in [0.2, 0.25) is 11.8 Å². The summed E-state index contributed by atoms with van der Waals surface area (Å²) < 4.78 is 0. The molecule has 1 aromatic carbocycles. The van der Waals surface area contributed by atoms with Crippen LogP contribution in [0, 0.1) is 5.41 Å². The van der Waals surface area contributed by atoms with Crippen LogP contribution in [0.4, 0.5) is 0 Å². The Bertz CT molecular complexity index is 706. The van der Waals surface area contributed by atoms with E-state index in [0.717, 1.165) is 5.56 Å². The van der Waals surface area contributed by atoms with Gasteiger partial charge in [-0.1, -0.05) is 69.7 Å². The summed E-state index contributed by atoms with van der Waals surface area (Å²) in [4.78, 5) is 34.2. The zero-order valence-electron chi connectivity index (χ0n) is 18.2. The Balaban J connectivity index is 0.000000683. The van der Waals surface area contributed by atoms with E-state index in [4.69, 9.17) is 16.2 Å². The van der Waals surface area contributed by atoms with Crippen LogP contribution in [0.2, 0.25) is 0 Å². The normalized spacial score (nSPS) is 13.8. The Kier molecular flexibility index (Phi) is 12.6. The standard InChI is InChI=1S/C16H23N5O4.C6H12/c1-2-12(21-13(22)8-19-9-14(23)24)16(25)20-7-10-3-5-11(6-4-10)15(17)18;1-2-4-6-5-3-1/h3-6,12,19H,2,7-9H2,1H3,(H3,17,18)(H,20,25)(H,21,22)(H,23,24);1-6H2. The van der Waals surface area contributed by atoms with Crippen molar-refractivity contribution < 1.29 is 19.5 Å². The Morgan fingerprint density at radius 3 is 2.03 bits per heavy atom. The highest BCUT2D eigenvalue weighted by molar-refractivity contribution is 5.94. The number of amides is 2. The quantitative estimate of drug-likeness (QED) is 0.242. The molecule has 31 heavy (non-hydrogen) atoms. The summed E-state index contributed by atoms with van der Waals surface area (Å²) in [6, 6.07) is 6.20. The lowest BCUT2D eigenvalue weighted by atomic mass is 10.0. The van der Waals surface area contributed by atoms with Gasteiger partial charge >= 0.3 is 5.97 Å². The lowest BCUT2D eigenvalue weighted by Crippen LogP contribution is -2.48. The number of carboxylic acid groups (broad SMARTS) is 1. The van der Waals surface area contributed by atoms with Gasteiger partial charge in [0.25, 0.3) is 0 Å². The predicted molar refractivity (Wildman–Crippen MR) is 120 cm³/mol. The molecule has 2 rings (SSSR count). The molecule has 1 atom stereocenters. The van der Waals surface area contributed by atoms with E-state index in [1.54, 1.807) is 31.2 Å². The Labute approximate surface area is 183 Å². The lowest BCUT2D eigenvalue weighted by Gasteiger charge is -2.17. The highest BCUT2D eigenvalue weighted by Gasteiger charge is 2.18. The molecule has 2 amide bonds. The molecule has 1 saturated carbocycles. The molecule has 0 spiro atoms. The number of nitrogen functional groups attached to an aromatic ring is 1. The van der Waals surface area contributed by atoms with E-state index in [9.17, 15) is 14.4 Å². The first kappa shape index (κ1) is 26.1. The molecule has 0 aliphatic heterocycles. The fourth-order valence-corrected chi connectivity index (χ4v) is 3.06. The van der Waals surface area contributed by atoms with Crippen molar-refractivity contribution >= 4 is 23.6 Å². The summed E-state index contributed by atoms with van der Waals surface area (Å²) in [7, 11) is 0. The second kappa shape index (κ2) is 15.0. The van der Waals surface area contributed by atoms with Crippen molar-refractivity contribution in [3.05, 3.63) is 35.4 Å². The SMILES string of the molecule is C1CCCCC1.CCC(NC(=O)CNCC(=O)O)C(=O)NCc1ccc(C(=N)N)cc1. The molecule has 0 aromatic heterocycles. The number of aliphatic carboxylic acids is 1. The lowest BCUT2D eigenvalue weighted by molar-refractivity contribution is -0.136. The summed E-state index contributed by atoms with van der Waals surface area (Å²) >= 11 is 0. The van der Waals surface area contributed by atoms with E-state index in [1.165, 1.54) is 38.5 Å². The van der Waals surface area contributed by atoms with E-state index in [-0.39, 0.29) is 31.4 Å². The number of benzene rings is 1. The van der Waals surface area contributed by atoms with Gasteiger partial charge in [-0.05, 0) is 12.0 Å². The predicted octanol–water partition coefficient (Wildman–Crippen LogP) is 1.50. The smallest absolute Gasteiger partial charge is 0.317 e. The maximum Gasteiger partial charge on any atom is 0.317 e. The topological polar surface area (TPSA) is 157 Å². The first-order valence-electron chi connectivity index (χ1n) is 10.8. The third-order valence-electron chi connectivity index (χ3n) is 4.85. The number of carbonyl (C=O) groups is 3. The third kappa shape index (κ3) is 11.7. The maximum atomic E-state index is 12.1. The zero-order valence-corrected chi connectivity index (χ0v) is 18.2. The van der Waals surface area contributed by atoms with Gasteiger partial charge in [0, 0.05) is 12.1 Å². The van der Waals surface area contributed by atoms with Gasteiger partial charge in [-0.2, -0.15) is 0 Å². The Morgan fingerprint density at radius 1 is 1.03 bits per heavy atom. The van der Waals surface area contributed by atoms with Crippen LogP contribution in [-0.2, 0) is 20.9 Å². The fraction of sp³-hybridized carbons (Fsp3) is 0.545. The van der Waals surface area contributed by atoms with Crippen molar-refractivity contribution in [1.29, 1.82) is 5.41 Å². The van der Waals surface area contributed by atoms with Gasteiger partial charge in [-0.15, -0.1) is 0 Å². The number of amidine groups is 1. The first-order chi connectivity index (χ1) is 14.8. The maximum absolute atomic E-state index is 12.1. The van der Waals surface area contributed by atoms with Crippen LogP contribution in [0.5, 0.6) is 0 Å². The number of hydrogen-bond acceptors (Lipinski definition) is 5. The molecule has 1 aliphatic carbocycles. The molecule has 0 radical (unpaired) electrons. The summed E-state index contributed by atoms with van der Waals surface area (Å²) in [5, 5.41) is 23.5. The minimum absolute atomic E-state index is 0.0270. The summed E-state index contributed by atoms with van der Waals surface area (Å²) in [6.07, 6.45) is 9.40. The third-order valence-corrected chi connectivity index (χ3v) is 4.85. The molecule has 1 aromatic rings. The average Bonchev–Trinajstić information content (AvgIpc) is 2.77. The second-order valence-corrected chi connectivity index (χ2v) is 7.48. The van der Waals surface area contributed by atoms with Crippen molar-refractivity contribution in [1.82, 2.24) is 16.0 Å². The number of nitrogens with one attached hydrogen (secondary N) is 4. The molecular weight excluding hydrogens is 398 g/mol. The van der Waals surface area contributed by atoms with Crippen LogP contribution in [0.25, 0.3) is 0 Å². The van der Waals surface area contributed by atoms with Crippen molar-refractivity contribution in [3.8, 4) is 0 Å². The van der Waals surface area contributed by atoms with E-state index in [0.29, 0.717) is 12.0 Å². The minimum atomic E-state index is -1.06. The van der Waals surface area contributed by atoms with Crippen LogP contribution in [0.1, 0.15) is 63.0 Å². The average molecular weight is 434 g/mol. The van der Waals surface area contributed by atoms with Crippen LogP contribution in [0.3, 0.4) is 0 Å². The number of hydrogen-bond donors (Lipinski definition) is 6. The highest BCUT2D eigenvalue weighted by atomic mass is 16.4. The van der Waals surface area contributed by atoms with Gasteiger partial charge in [-0.3, -0.25) is 25.1 Å². The Morgan fingerprint density at radius 2 is 1.58 bits per heavy atom. The molecule has 9 heteroatoms. The van der Waals surface area contributed by atoms with Crippen molar-refractivity contribution in [2.24, 2.45) is 5.73 Å². The molecule has 1 fully saturated rings. The largest absolute Gasteiger partial charge is 0.480 e. The highest BCUT2D eigenvalue weighted by Crippen LogP contribution is 2.15. The number of nitrogens with two attached hydrogens (primary N) is 1. The first-order valence-corrected chi connectivity index (χ1v) is 10.8. The fourth-order valence-electron chi connectivity index (χ4n) is 3.06. The van der Waals surface area contributed by atoms with E-state index >= 15 is 0 Å². The van der Waals surface area contributed by atoms with Crippen molar-refractivity contribution in [2.45, 2.75) is 64.5 Å². The number of carbonyl (C=O) groups excluding carboxylic acids is 2. The molecule has 0 heterocycles. The second-order valence-electron chi connectivity index (χ2n) is 7.48. The molecule has 0 saturated heterocycles. The molecule has 7 N–H and O–H groups in total. The van der Waals surface area contributed by atoms with Gasteiger partial charge in [-0.25, -0.2) is 0 Å². The molecular formula is C22H35N5O4. The molecule has 9 nitrogen and oxygen atoms in total. The number of rotatable bonds is 10. The van der Waals surface area contributed by atoms with E-state index in [1.807, 2.05) is 0 Å². The Hall–Kier alpha value is -2.94. The molecule has 1 unspecified atom stereocenters. The summed E-state index contributed by atoms with van der Waals surface area (Å²) in [5.74, 6) is -1.87. The monoisotopic (exact) mass is 433 g/mol. The minimum Gasteiger partial charge on any atom is -0.480 e.